The fraction of sp³-hybridized carbons (Fsp3) is 0.200. The standard InChI is InChI=1S/C15H14ClFO/c1-18-14-4-2-3-11(9-14)10-15(16)12-5-7-13(17)8-6-12/h2-9,15H,10H2,1H3. The third-order valence-electron chi connectivity index (χ3n) is 2.78. The smallest absolute Gasteiger partial charge is 0.123 e. The zero-order valence-corrected chi connectivity index (χ0v) is 10.8. The molecule has 0 aliphatic rings. The summed E-state index contributed by atoms with van der Waals surface area (Å²) in [5, 5.41) is -0.169. The summed E-state index contributed by atoms with van der Waals surface area (Å²) in [6.07, 6.45) is 0.685. The van der Waals surface area contributed by atoms with E-state index >= 15 is 0 Å². The predicted octanol–water partition coefficient (Wildman–Crippen LogP) is 4.36. The highest BCUT2D eigenvalue weighted by atomic mass is 35.5. The van der Waals surface area contributed by atoms with Crippen molar-refractivity contribution in [1.29, 1.82) is 0 Å². The first-order chi connectivity index (χ1) is 8.69. The third-order valence-corrected chi connectivity index (χ3v) is 3.19. The average molecular weight is 265 g/mol. The van der Waals surface area contributed by atoms with E-state index in [1.165, 1.54) is 12.1 Å². The highest BCUT2D eigenvalue weighted by molar-refractivity contribution is 6.20. The van der Waals surface area contributed by atoms with Gasteiger partial charge in [0.2, 0.25) is 0 Å². The van der Waals surface area contributed by atoms with E-state index in [0.717, 1.165) is 16.9 Å². The van der Waals surface area contributed by atoms with Crippen LogP contribution in [0.2, 0.25) is 0 Å². The van der Waals surface area contributed by atoms with Gasteiger partial charge in [0.15, 0.2) is 0 Å². The van der Waals surface area contributed by atoms with Gasteiger partial charge in [0.25, 0.3) is 0 Å². The van der Waals surface area contributed by atoms with Crippen molar-refractivity contribution in [2.45, 2.75) is 11.8 Å². The Morgan fingerprint density at radius 2 is 1.89 bits per heavy atom. The predicted molar refractivity (Wildman–Crippen MR) is 71.7 cm³/mol. The molecule has 0 aliphatic heterocycles. The van der Waals surface area contributed by atoms with Gasteiger partial charge in [-0.2, -0.15) is 0 Å². The number of benzene rings is 2. The van der Waals surface area contributed by atoms with Gasteiger partial charge < -0.3 is 4.74 Å². The van der Waals surface area contributed by atoms with Crippen LogP contribution in [0.5, 0.6) is 5.75 Å². The highest BCUT2D eigenvalue weighted by Gasteiger charge is 2.09. The quantitative estimate of drug-likeness (QED) is 0.746. The molecule has 2 aromatic rings. The van der Waals surface area contributed by atoms with Gasteiger partial charge in [0, 0.05) is 0 Å². The van der Waals surface area contributed by atoms with Crippen LogP contribution in [0.3, 0.4) is 0 Å². The molecule has 0 aliphatic carbocycles. The van der Waals surface area contributed by atoms with Crippen LogP contribution < -0.4 is 4.74 Å². The van der Waals surface area contributed by atoms with Crippen LogP contribution in [0.15, 0.2) is 48.5 Å². The summed E-state index contributed by atoms with van der Waals surface area (Å²) in [7, 11) is 1.64. The number of hydrogen-bond donors (Lipinski definition) is 0. The van der Waals surface area contributed by atoms with Crippen LogP contribution in [-0.2, 0) is 6.42 Å². The highest BCUT2D eigenvalue weighted by Crippen LogP contribution is 2.26. The molecule has 0 aromatic heterocycles. The number of methoxy groups -OCH3 is 1. The number of alkyl halides is 1. The molecule has 0 radical (unpaired) electrons. The minimum Gasteiger partial charge on any atom is -0.497 e. The number of rotatable bonds is 4. The van der Waals surface area contributed by atoms with Gasteiger partial charge in [-0.15, -0.1) is 11.6 Å². The maximum Gasteiger partial charge on any atom is 0.123 e. The molecule has 0 saturated carbocycles. The van der Waals surface area contributed by atoms with Crippen molar-refractivity contribution < 1.29 is 9.13 Å². The summed E-state index contributed by atoms with van der Waals surface area (Å²) in [5.41, 5.74) is 2.01. The fourth-order valence-corrected chi connectivity index (χ4v) is 2.12. The summed E-state index contributed by atoms with van der Waals surface area (Å²) in [6.45, 7) is 0. The van der Waals surface area contributed by atoms with E-state index in [-0.39, 0.29) is 11.2 Å². The van der Waals surface area contributed by atoms with Crippen molar-refractivity contribution in [2.75, 3.05) is 7.11 Å². The first kappa shape index (κ1) is 12.9. The molecule has 2 rings (SSSR count). The Balaban J connectivity index is 2.10. The Labute approximate surface area is 111 Å². The van der Waals surface area contributed by atoms with E-state index in [4.69, 9.17) is 16.3 Å². The summed E-state index contributed by atoms with van der Waals surface area (Å²) in [5.74, 6) is 0.569. The molecule has 1 unspecified atom stereocenters. The molecule has 18 heavy (non-hydrogen) atoms. The molecule has 0 heterocycles. The Morgan fingerprint density at radius 1 is 1.17 bits per heavy atom. The molecule has 3 heteroatoms. The number of hydrogen-bond acceptors (Lipinski definition) is 1. The van der Waals surface area contributed by atoms with Gasteiger partial charge in [0.1, 0.15) is 11.6 Å². The number of halogens is 2. The minimum atomic E-state index is -0.246. The second-order valence-electron chi connectivity index (χ2n) is 4.07. The summed E-state index contributed by atoms with van der Waals surface area (Å²) >= 11 is 6.33. The van der Waals surface area contributed by atoms with Crippen LogP contribution in [0.25, 0.3) is 0 Å². The molecule has 0 amide bonds. The van der Waals surface area contributed by atoms with Crippen molar-refractivity contribution in [1.82, 2.24) is 0 Å². The number of ether oxygens (including phenoxy) is 1. The van der Waals surface area contributed by atoms with Crippen LogP contribution in [0.1, 0.15) is 16.5 Å². The lowest BCUT2D eigenvalue weighted by Gasteiger charge is -2.10. The van der Waals surface area contributed by atoms with Gasteiger partial charge in [0.05, 0.1) is 12.5 Å². The minimum absolute atomic E-state index is 0.169. The molecule has 0 fully saturated rings. The molecule has 1 nitrogen and oxygen atoms in total. The zero-order chi connectivity index (χ0) is 13.0. The van der Waals surface area contributed by atoms with Crippen molar-refractivity contribution in [2.24, 2.45) is 0 Å². The van der Waals surface area contributed by atoms with Gasteiger partial charge in [-0.25, -0.2) is 4.39 Å². The summed E-state index contributed by atoms with van der Waals surface area (Å²) in [6, 6.07) is 14.1. The van der Waals surface area contributed by atoms with Crippen LogP contribution >= 0.6 is 11.6 Å². The SMILES string of the molecule is COc1cccc(CC(Cl)c2ccc(F)cc2)c1. The van der Waals surface area contributed by atoms with Crippen molar-refractivity contribution in [3.63, 3.8) is 0 Å². The van der Waals surface area contributed by atoms with Gasteiger partial charge in [-0.3, -0.25) is 0 Å². The van der Waals surface area contributed by atoms with E-state index < -0.39 is 0 Å². The molecule has 94 valence electrons. The lowest BCUT2D eigenvalue weighted by molar-refractivity contribution is 0.414. The van der Waals surface area contributed by atoms with Crippen LogP contribution in [-0.4, -0.2) is 7.11 Å². The molecular formula is C15H14ClFO. The van der Waals surface area contributed by atoms with E-state index in [1.54, 1.807) is 19.2 Å². The van der Waals surface area contributed by atoms with E-state index in [2.05, 4.69) is 0 Å². The van der Waals surface area contributed by atoms with Crippen LogP contribution in [0, 0.1) is 5.82 Å². The molecular weight excluding hydrogens is 251 g/mol. The van der Waals surface area contributed by atoms with Gasteiger partial charge in [-0.1, -0.05) is 24.3 Å². The normalized spacial score (nSPS) is 12.2. The average Bonchev–Trinajstić information content (AvgIpc) is 2.39. The molecule has 0 spiro atoms. The summed E-state index contributed by atoms with van der Waals surface area (Å²) in [4.78, 5) is 0. The first-order valence-electron chi connectivity index (χ1n) is 5.71. The summed E-state index contributed by atoms with van der Waals surface area (Å²) < 4.78 is 18.0. The maximum atomic E-state index is 12.8. The zero-order valence-electron chi connectivity index (χ0n) is 10.1. The van der Waals surface area contributed by atoms with Crippen LogP contribution in [0.4, 0.5) is 4.39 Å². The Bertz CT molecular complexity index is 510. The van der Waals surface area contributed by atoms with Gasteiger partial charge in [-0.05, 0) is 41.8 Å². The molecule has 1 atom stereocenters. The first-order valence-corrected chi connectivity index (χ1v) is 6.15. The second-order valence-corrected chi connectivity index (χ2v) is 4.60. The van der Waals surface area contributed by atoms with Crippen molar-refractivity contribution in [3.05, 3.63) is 65.5 Å². The van der Waals surface area contributed by atoms with E-state index in [0.29, 0.717) is 6.42 Å². The third kappa shape index (κ3) is 3.23. The molecule has 2 aromatic carbocycles. The van der Waals surface area contributed by atoms with E-state index in [9.17, 15) is 4.39 Å². The second kappa shape index (κ2) is 5.87. The lowest BCUT2D eigenvalue weighted by Crippen LogP contribution is -1.96. The lowest BCUT2D eigenvalue weighted by atomic mass is 10.0. The fourth-order valence-electron chi connectivity index (χ4n) is 1.80. The van der Waals surface area contributed by atoms with Gasteiger partial charge >= 0.3 is 0 Å². The maximum absolute atomic E-state index is 12.8. The van der Waals surface area contributed by atoms with Crippen molar-refractivity contribution >= 4 is 11.6 Å². The molecule has 0 saturated heterocycles. The molecule has 0 bridgehead atoms. The Kier molecular flexibility index (Phi) is 4.21. The largest absolute Gasteiger partial charge is 0.497 e. The molecule has 0 N–H and O–H groups in total. The van der Waals surface area contributed by atoms with E-state index in [1.807, 2.05) is 24.3 Å². The topological polar surface area (TPSA) is 9.23 Å². The Morgan fingerprint density at radius 3 is 2.56 bits per heavy atom. The monoisotopic (exact) mass is 264 g/mol. The van der Waals surface area contributed by atoms with Crippen molar-refractivity contribution in [3.8, 4) is 5.75 Å². The Hall–Kier alpha value is -1.54.